The molecule has 2 heteroatoms. The fourth-order valence-corrected chi connectivity index (χ4v) is 2.72. The molecule has 0 heterocycles. The Morgan fingerprint density at radius 3 is 2.53 bits per heavy atom. The lowest BCUT2D eigenvalue weighted by Gasteiger charge is -2.20. The van der Waals surface area contributed by atoms with Gasteiger partial charge in [-0.05, 0) is 49.6 Å². The van der Waals surface area contributed by atoms with Crippen molar-refractivity contribution in [1.29, 1.82) is 0 Å². The van der Waals surface area contributed by atoms with E-state index in [0.717, 1.165) is 10.9 Å². The van der Waals surface area contributed by atoms with E-state index in [-0.39, 0.29) is 0 Å². The van der Waals surface area contributed by atoms with E-state index in [1.807, 2.05) is 0 Å². The maximum absolute atomic E-state index is 3.65. The second-order valence-electron chi connectivity index (χ2n) is 4.98. The van der Waals surface area contributed by atoms with Gasteiger partial charge in [0.15, 0.2) is 0 Å². The predicted molar refractivity (Wildman–Crippen MR) is 86.7 cm³/mol. The topological polar surface area (TPSA) is 12.0 Å². The summed E-state index contributed by atoms with van der Waals surface area (Å²) < 4.78 is 1.13. The number of nitrogens with one attached hydrogen (secondary N) is 1. The molecule has 1 unspecified atom stereocenters. The number of aryl methyl sites for hydroxylation is 2. The molecule has 100 valence electrons. The summed E-state index contributed by atoms with van der Waals surface area (Å²) >= 11 is 3.54. The SMILES string of the molecule is CCC(Nc1ccc(C)cc1C)c1cccc(Br)c1. The van der Waals surface area contributed by atoms with Gasteiger partial charge in [0, 0.05) is 10.2 Å². The van der Waals surface area contributed by atoms with Gasteiger partial charge in [0.25, 0.3) is 0 Å². The summed E-state index contributed by atoms with van der Waals surface area (Å²) in [4.78, 5) is 0. The summed E-state index contributed by atoms with van der Waals surface area (Å²) in [5.41, 5.74) is 5.14. The Bertz CT molecular complexity index is 563. The van der Waals surface area contributed by atoms with Gasteiger partial charge in [0.05, 0.1) is 6.04 Å². The van der Waals surface area contributed by atoms with Crippen molar-refractivity contribution in [2.45, 2.75) is 33.2 Å². The molecule has 0 bridgehead atoms. The van der Waals surface area contributed by atoms with E-state index in [1.54, 1.807) is 0 Å². The molecule has 0 radical (unpaired) electrons. The first-order valence-corrected chi connectivity index (χ1v) is 7.48. The molecule has 0 aliphatic heterocycles. The van der Waals surface area contributed by atoms with Crippen LogP contribution < -0.4 is 5.32 Å². The van der Waals surface area contributed by atoms with Crippen LogP contribution in [-0.2, 0) is 0 Å². The third kappa shape index (κ3) is 3.60. The average molecular weight is 318 g/mol. The van der Waals surface area contributed by atoms with E-state index in [9.17, 15) is 0 Å². The highest BCUT2D eigenvalue weighted by Gasteiger charge is 2.10. The molecule has 19 heavy (non-hydrogen) atoms. The predicted octanol–water partition coefficient (Wildman–Crippen LogP) is 5.63. The van der Waals surface area contributed by atoms with Gasteiger partial charge >= 0.3 is 0 Å². The lowest BCUT2D eigenvalue weighted by atomic mass is 10.0. The second kappa shape index (κ2) is 6.25. The molecule has 2 rings (SSSR count). The smallest absolute Gasteiger partial charge is 0.0511 e. The van der Waals surface area contributed by atoms with Crippen molar-refractivity contribution in [1.82, 2.24) is 0 Å². The zero-order valence-corrected chi connectivity index (χ0v) is 13.3. The van der Waals surface area contributed by atoms with Gasteiger partial charge < -0.3 is 5.32 Å². The molecule has 1 nitrogen and oxygen atoms in total. The first kappa shape index (κ1) is 14.1. The number of hydrogen-bond acceptors (Lipinski definition) is 1. The summed E-state index contributed by atoms with van der Waals surface area (Å²) in [5, 5.41) is 3.65. The van der Waals surface area contributed by atoms with E-state index in [0.29, 0.717) is 6.04 Å². The third-order valence-corrected chi connectivity index (χ3v) is 3.86. The summed E-state index contributed by atoms with van der Waals surface area (Å²) in [6, 6.07) is 15.4. The highest BCUT2D eigenvalue weighted by Crippen LogP contribution is 2.26. The van der Waals surface area contributed by atoms with Gasteiger partial charge in [-0.3, -0.25) is 0 Å². The molecule has 2 aromatic carbocycles. The summed E-state index contributed by atoms with van der Waals surface area (Å²) in [6.07, 6.45) is 1.06. The van der Waals surface area contributed by atoms with Crippen LogP contribution >= 0.6 is 15.9 Å². The minimum Gasteiger partial charge on any atom is -0.378 e. The lowest BCUT2D eigenvalue weighted by Crippen LogP contribution is -2.10. The van der Waals surface area contributed by atoms with Crippen molar-refractivity contribution in [3.05, 3.63) is 63.6 Å². The van der Waals surface area contributed by atoms with Crippen LogP contribution in [0.1, 0.15) is 36.1 Å². The Morgan fingerprint density at radius 1 is 1.11 bits per heavy atom. The Hall–Kier alpha value is -1.28. The van der Waals surface area contributed by atoms with Gasteiger partial charge in [-0.2, -0.15) is 0 Å². The van der Waals surface area contributed by atoms with E-state index < -0.39 is 0 Å². The highest BCUT2D eigenvalue weighted by atomic mass is 79.9. The second-order valence-corrected chi connectivity index (χ2v) is 5.89. The standard InChI is InChI=1S/C17H20BrN/c1-4-16(14-6-5-7-15(18)11-14)19-17-9-8-12(2)10-13(17)3/h5-11,16,19H,4H2,1-3H3. The lowest BCUT2D eigenvalue weighted by molar-refractivity contribution is 0.748. The molecule has 0 saturated carbocycles. The third-order valence-electron chi connectivity index (χ3n) is 3.37. The number of benzene rings is 2. The first-order valence-electron chi connectivity index (χ1n) is 6.69. The minimum atomic E-state index is 0.346. The Kier molecular flexibility index (Phi) is 4.65. The Balaban J connectivity index is 2.24. The molecule has 0 fully saturated rings. The molecule has 0 aliphatic rings. The van der Waals surface area contributed by atoms with E-state index >= 15 is 0 Å². The summed E-state index contributed by atoms with van der Waals surface area (Å²) in [7, 11) is 0. The van der Waals surface area contributed by atoms with Crippen LogP contribution in [0.15, 0.2) is 46.9 Å². The molecule has 2 aromatic rings. The van der Waals surface area contributed by atoms with Crippen LogP contribution in [0.25, 0.3) is 0 Å². The van der Waals surface area contributed by atoms with Crippen molar-refractivity contribution < 1.29 is 0 Å². The normalized spacial score (nSPS) is 12.2. The highest BCUT2D eigenvalue weighted by molar-refractivity contribution is 9.10. The zero-order chi connectivity index (χ0) is 13.8. The number of anilines is 1. The molecule has 0 saturated heterocycles. The van der Waals surface area contributed by atoms with Crippen molar-refractivity contribution >= 4 is 21.6 Å². The van der Waals surface area contributed by atoms with E-state index in [4.69, 9.17) is 0 Å². The molecular weight excluding hydrogens is 298 g/mol. The van der Waals surface area contributed by atoms with Crippen molar-refractivity contribution in [2.75, 3.05) is 5.32 Å². The Morgan fingerprint density at radius 2 is 1.89 bits per heavy atom. The number of hydrogen-bond donors (Lipinski definition) is 1. The maximum atomic E-state index is 3.65. The van der Waals surface area contributed by atoms with Crippen molar-refractivity contribution in [3.8, 4) is 0 Å². The van der Waals surface area contributed by atoms with E-state index in [2.05, 4.69) is 84.5 Å². The van der Waals surface area contributed by atoms with Gasteiger partial charge in [-0.25, -0.2) is 0 Å². The number of halogens is 1. The minimum absolute atomic E-state index is 0.346. The molecule has 0 aliphatic carbocycles. The van der Waals surface area contributed by atoms with Gasteiger partial charge in [0.1, 0.15) is 0 Å². The number of rotatable bonds is 4. The monoisotopic (exact) mass is 317 g/mol. The van der Waals surface area contributed by atoms with Crippen LogP contribution in [0.2, 0.25) is 0 Å². The maximum Gasteiger partial charge on any atom is 0.0511 e. The van der Waals surface area contributed by atoms with Crippen LogP contribution in [0.5, 0.6) is 0 Å². The van der Waals surface area contributed by atoms with Gasteiger partial charge in [0.2, 0.25) is 0 Å². The zero-order valence-electron chi connectivity index (χ0n) is 11.7. The summed E-state index contributed by atoms with van der Waals surface area (Å²) in [6.45, 7) is 6.49. The van der Waals surface area contributed by atoms with Crippen molar-refractivity contribution in [2.24, 2.45) is 0 Å². The molecule has 0 amide bonds. The van der Waals surface area contributed by atoms with Crippen LogP contribution in [-0.4, -0.2) is 0 Å². The fourth-order valence-electron chi connectivity index (χ4n) is 2.31. The van der Waals surface area contributed by atoms with Crippen LogP contribution in [0, 0.1) is 13.8 Å². The molecule has 0 spiro atoms. The first-order chi connectivity index (χ1) is 9.10. The largest absolute Gasteiger partial charge is 0.378 e. The average Bonchev–Trinajstić information content (AvgIpc) is 2.38. The van der Waals surface area contributed by atoms with Gasteiger partial charge in [-0.1, -0.05) is 52.7 Å². The quantitative estimate of drug-likeness (QED) is 0.770. The molecule has 1 atom stereocenters. The van der Waals surface area contributed by atoms with Gasteiger partial charge in [-0.15, -0.1) is 0 Å². The van der Waals surface area contributed by atoms with Crippen LogP contribution in [0.3, 0.4) is 0 Å². The molecule has 1 N–H and O–H groups in total. The Labute approximate surface area is 124 Å². The fraction of sp³-hybridized carbons (Fsp3) is 0.294. The van der Waals surface area contributed by atoms with Crippen molar-refractivity contribution in [3.63, 3.8) is 0 Å². The molecular formula is C17H20BrN. The molecule has 0 aromatic heterocycles. The van der Waals surface area contributed by atoms with E-state index in [1.165, 1.54) is 22.4 Å². The van der Waals surface area contributed by atoms with Crippen LogP contribution in [0.4, 0.5) is 5.69 Å². The summed E-state index contributed by atoms with van der Waals surface area (Å²) in [5.74, 6) is 0.